The molecule has 0 saturated heterocycles. The van der Waals surface area contributed by atoms with E-state index in [1.54, 1.807) is 6.08 Å². The van der Waals surface area contributed by atoms with E-state index in [-0.39, 0.29) is 0 Å². The quantitative estimate of drug-likeness (QED) is 0.459. The van der Waals surface area contributed by atoms with Crippen LogP contribution in [0.1, 0.15) is 5.56 Å². The molecule has 17 heavy (non-hydrogen) atoms. The molecule has 0 unspecified atom stereocenters. The highest BCUT2D eigenvalue weighted by Gasteiger charge is 1.97. The van der Waals surface area contributed by atoms with Crippen molar-refractivity contribution in [3.05, 3.63) is 59.4 Å². The molecule has 86 valence electrons. The number of hydroxylamine groups is 1. The number of fused-ring (bicyclic) bond motifs is 1. The normalized spacial score (nSPS) is 12.2. The molecule has 0 amide bonds. The predicted octanol–water partition coefficient (Wildman–Crippen LogP) is 3.33. The molecule has 0 heterocycles. The summed E-state index contributed by atoms with van der Waals surface area (Å²) in [5.74, 6) is 0. The van der Waals surface area contributed by atoms with Gasteiger partial charge in [0.25, 0.3) is 0 Å². The van der Waals surface area contributed by atoms with Crippen LogP contribution in [0, 0.1) is 5.21 Å². The molecule has 4 heteroatoms. The molecule has 0 N–H and O–H groups in total. The lowest BCUT2D eigenvalue weighted by Gasteiger charge is -2.00. The maximum Gasteiger partial charge on any atom is 0.213 e. The molecule has 2 aromatic carbocycles. The predicted molar refractivity (Wildman–Crippen MR) is 66.0 cm³/mol. The van der Waals surface area contributed by atoms with E-state index in [1.165, 1.54) is 13.3 Å². The third kappa shape index (κ3) is 2.60. The van der Waals surface area contributed by atoms with Gasteiger partial charge in [-0.25, -0.2) is 0 Å². The molecule has 2 rings (SSSR count). The van der Waals surface area contributed by atoms with Gasteiger partial charge in [0.15, 0.2) is 0 Å². The van der Waals surface area contributed by atoms with Gasteiger partial charge < -0.3 is 10.0 Å². The molecule has 0 atom stereocenters. The Labute approximate surface area is 99.0 Å². The number of nitrogens with zero attached hydrogens (tertiary/aromatic N) is 2. The van der Waals surface area contributed by atoms with Crippen molar-refractivity contribution in [1.82, 2.24) is 0 Å². The van der Waals surface area contributed by atoms with E-state index in [1.807, 2.05) is 42.5 Å². The second-order valence-electron chi connectivity index (χ2n) is 3.45. The van der Waals surface area contributed by atoms with Crippen molar-refractivity contribution in [1.29, 1.82) is 0 Å². The van der Waals surface area contributed by atoms with Crippen LogP contribution in [-0.2, 0) is 4.84 Å². The second-order valence-corrected chi connectivity index (χ2v) is 3.45. The van der Waals surface area contributed by atoms with Gasteiger partial charge in [0, 0.05) is 6.08 Å². The summed E-state index contributed by atoms with van der Waals surface area (Å²) in [6, 6.07) is 13.9. The second kappa shape index (κ2) is 5.12. The fourth-order valence-electron chi connectivity index (χ4n) is 1.65. The van der Waals surface area contributed by atoms with Gasteiger partial charge in [0.05, 0.1) is 0 Å². The van der Waals surface area contributed by atoms with Crippen molar-refractivity contribution in [3.8, 4) is 0 Å². The Kier molecular flexibility index (Phi) is 3.35. The summed E-state index contributed by atoms with van der Waals surface area (Å²) in [5.41, 5.74) is 0.968. The summed E-state index contributed by atoms with van der Waals surface area (Å²) < 4.78 is 0. The summed E-state index contributed by atoms with van der Waals surface area (Å²) in [7, 11) is 1.33. The molecule has 0 aliphatic heterocycles. The number of benzene rings is 2. The minimum absolute atomic E-state index is 0.377. The van der Waals surface area contributed by atoms with Crippen LogP contribution < -0.4 is 0 Å². The molecular weight excluding hydrogens is 216 g/mol. The van der Waals surface area contributed by atoms with Crippen LogP contribution in [-0.4, -0.2) is 12.0 Å². The van der Waals surface area contributed by atoms with Crippen LogP contribution in [0.25, 0.3) is 16.8 Å². The molecule has 0 aromatic heterocycles. The van der Waals surface area contributed by atoms with Crippen molar-refractivity contribution in [2.75, 3.05) is 7.11 Å². The van der Waals surface area contributed by atoms with Crippen molar-refractivity contribution in [2.45, 2.75) is 0 Å². The largest absolute Gasteiger partial charge is 0.592 e. The minimum Gasteiger partial charge on any atom is -0.592 e. The number of hydrogen-bond donors (Lipinski definition) is 0. The molecule has 2 aromatic rings. The molecule has 0 bridgehead atoms. The maximum atomic E-state index is 11.1. The highest BCUT2D eigenvalue weighted by molar-refractivity contribution is 5.90. The molecule has 0 aliphatic rings. The van der Waals surface area contributed by atoms with Crippen LogP contribution >= 0.6 is 0 Å². The Morgan fingerprint density at radius 3 is 2.76 bits per heavy atom. The van der Waals surface area contributed by atoms with Crippen LogP contribution in [0.4, 0.5) is 0 Å². The topological polar surface area (TPSA) is 47.7 Å². The summed E-state index contributed by atoms with van der Waals surface area (Å²) >= 11 is 0. The van der Waals surface area contributed by atoms with E-state index < -0.39 is 0 Å². The molecular formula is C13H12N2O2. The SMILES string of the molecule is CO/N=[N+](\[O-])C=Cc1cccc2ccccc12. The summed E-state index contributed by atoms with van der Waals surface area (Å²) in [6.07, 6.45) is 3.02. The summed E-state index contributed by atoms with van der Waals surface area (Å²) in [5, 5.41) is 16.5. The Hall–Kier alpha value is -2.36. The average Bonchev–Trinajstić information content (AvgIpc) is 2.36. The molecule has 0 aliphatic carbocycles. The third-order valence-corrected chi connectivity index (χ3v) is 2.37. The van der Waals surface area contributed by atoms with Gasteiger partial charge in [-0.15, -0.1) is 0 Å². The van der Waals surface area contributed by atoms with E-state index in [0.717, 1.165) is 16.3 Å². The van der Waals surface area contributed by atoms with Crippen molar-refractivity contribution < 1.29 is 9.70 Å². The van der Waals surface area contributed by atoms with Gasteiger partial charge in [-0.05, 0) is 21.2 Å². The Balaban J connectivity index is 2.39. The smallest absolute Gasteiger partial charge is 0.213 e. The fraction of sp³-hybridized carbons (Fsp3) is 0.0769. The number of rotatable bonds is 3. The van der Waals surface area contributed by atoms with Gasteiger partial charge in [-0.3, -0.25) is 0 Å². The minimum atomic E-state index is 0.377. The zero-order chi connectivity index (χ0) is 12.1. The molecule has 0 radical (unpaired) electrons. The van der Waals surface area contributed by atoms with Crippen LogP contribution in [0.15, 0.2) is 53.9 Å². The van der Waals surface area contributed by atoms with Crippen molar-refractivity contribution in [3.63, 3.8) is 0 Å². The monoisotopic (exact) mass is 228 g/mol. The number of hydrogen-bond acceptors (Lipinski definition) is 3. The highest BCUT2D eigenvalue weighted by Crippen LogP contribution is 2.19. The Morgan fingerprint density at radius 1 is 1.18 bits per heavy atom. The van der Waals surface area contributed by atoms with Crippen LogP contribution in [0.2, 0.25) is 0 Å². The first kappa shape index (κ1) is 11.1. The lowest BCUT2D eigenvalue weighted by Crippen LogP contribution is -1.88. The molecule has 0 spiro atoms. The van der Waals surface area contributed by atoms with E-state index in [2.05, 4.69) is 10.1 Å². The van der Waals surface area contributed by atoms with Crippen LogP contribution in [0.5, 0.6) is 0 Å². The molecule has 0 fully saturated rings. The van der Waals surface area contributed by atoms with Gasteiger partial charge in [0.2, 0.25) is 11.5 Å². The fourth-order valence-corrected chi connectivity index (χ4v) is 1.65. The molecule has 4 nitrogen and oxygen atoms in total. The van der Waals surface area contributed by atoms with Gasteiger partial charge in [-0.1, -0.05) is 42.5 Å². The van der Waals surface area contributed by atoms with E-state index in [0.29, 0.717) is 4.86 Å². The lowest BCUT2D eigenvalue weighted by atomic mass is 10.0. The van der Waals surface area contributed by atoms with Gasteiger partial charge in [0.1, 0.15) is 7.11 Å². The lowest BCUT2D eigenvalue weighted by molar-refractivity contribution is -0.490. The summed E-state index contributed by atoms with van der Waals surface area (Å²) in [4.78, 5) is 4.74. The van der Waals surface area contributed by atoms with Gasteiger partial charge >= 0.3 is 0 Å². The average molecular weight is 228 g/mol. The van der Waals surface area contributed by atoms with Crippen LogP contribution in [0.3, 0.4) is 0 Å². The summed E-state index contributed by atoms with van der Waals surface area (Å²) in [6.45, 7) is 0. The zero-order valence-electron chi connectivity index (χ0n) is 9.41. The van der Waals surface area contributed by atoms with E-state index in [4.69, 9.17) is 0 Å². The van der Waals surface area contributed by atoms with E-state index >= 15 is 0 Å². The van der Waals surface area contributed by atoms with Crippen molar-refractivity contribution >= 4 is 16.8 Å². The Bertz CT molecular complexity index is 571. The maximum absolute atomic E-state index is 11.1. The Morgan fingerprint density at radius 2 is 1.94 bits per heavy atom. The first-order valence-electron chi connectivity index (χ1n) is 5.17. The molecule has 0 saturated carbocycles. The zero-order valence-corrected chi connectivity index (χ0v) is 9.41. The first-order chi connectivity index (χ1) is 8.31. The van der Waals surface area contributed by atoms with Crippen molar-refractivity contribution in [2.24, 2.45) is 5.28 Å². The highest BCUT2D eigenvalue weighted by atomic mass is 16.7. The van der Waals surface area contributed by atoms with Gasteiger partial charge in [-0.2, -0.15) is 0 Å². The standard InChI is InChI=1S/C13H12N2O2/c1-17-14-15(16)10-9-12-7-4-6-11-5-2-3-8-13(11)12/h2-10H,1H3/b10-9?,15-14-. The van der Waals surface area contributed by atoms with E-state index in [9.17, 15) is 5.21 Å². The third-order valence-electron chi connectivity index (χ3n) is 2.37. The first-order valence-corrected chi connectivity index (χ1v) is 5.17.